The van der Waals surface area contributed by atoms with E-state index < -0.39 is 0 Å². The second kappa shape index (κ2) is 7.56. The van der Waals surface area contributed by atoms with E-state index in [0.717, 1.165) is 28.6 Å². The van der Waals surface area contributed by atoms with Crippen molar-refractivity contribution >= 4 is 23.1 Å². The van der Waals surface area contributed by atoms with Crippen molar-refractivity contribution in [1.29, 1.82) is 0 Å². The zero-order valence-corrected chi connectivity index (χ0v) is 15.7. The number of hydrogen-bond donors (Lipinski definition) is 1. The standard InChI is InChI=1S/C23H20N2O3/c1-3-16-7-9-21-20(13-16)25-23(28-21)17-8-6-15(2)19(14-17)22(26)24-11-10-18-5-4-12-27-18/h4-14H,3H2,1-2H3,(H,24,26). The Morgan fingerprint density at radius 1 is 1.18 bits per heavy atom. The van der Waals surface area contributed by atoms with E-state index in [1.807, 2.05) is 43.3 Å². The third-order valence-electron chi connectivity index (χ3n) is 4.59. The Kier molecular flexibility index (Phi) is 4.81. The minimum Gasteiger partial charge on any atom is -0.465 e. The molecule has 2 aromatic carbocycles. The first-order chi connectivity index (χ1) is 13.6. The number of fused-ring (bicyclic) bond motifs is 1. The van der Waals surface area contributed by atoms with Gasteiger partial charge in [0.25, 0.3) is 5.91 Å². The van der Waals surface area contributed by atoms with Crippen LogP contribution in [-0.4, -0.2) is 10.9 Å². The number of rotatable bonds is 5. The predicted octanol–water partition coefficient (Wildman–Crippen LogP) is 5.36. The number of nitrogens with zero attached hydrogens (tertiary/aromatic N) is 1. The second-order valence-electron chi connectivity index (χ2n) is 6.53. The molecule has 1 amide bonds. The normalized spacial score (nSPS) is 11.4. The minimum atomic E-state index is -0.202. The molecule has 140 valence electrons. The highest BCUT2D eigenvalue weighted by Crippen LogP contribution is 2.26. The van der Waals surface area contributed by atoms with Gasteiger partial charge in [-0.3, -0.25) is 4.79 Å². The van der Waals surface area contributed by atoms with E-state index >= 15 is 0 Å². The molecule has 0 aliphatic heterocycles. The summed E-state index contributed by atoms with van der Waals surface area (Å²) < 4.78 is 11.1. The quantitative estimate of drug-likeness (QED) is 0.512. The van der Waals surface area contributed by atoms with E-state index in [9.17, 15) is 4.79 Å². The molecular weight excluding hydrogens is 352 g/mol. The summed E-state index contributed by atoms with van der Waals surface area (Å²) in [6, 6.07) is 15.2. The molecule has 0 spiro atoms. The summed E-state index contributed by atoms with van der Waals surface area (Å²) in [6.45, 7) is 4.00. The number of benzene rings is 2. The third kappa shape index (κ3) is 3.60. The number of nitrogens with one attached hydrogen (secondary N) is 1. The summed E-state index contributed by atoms with van der Waals surface area (Å²) in [5, 5.41) is 2.77. The first-order valence-corrected chi connectivity index (χ1v) is 9.15. The van der Waals surface area contributed by atoms with E-state index in [2.05, 4.69) is 17.2 Å². The van der Waals surface area contributed by atoms with Gasteiger partial charge in [0.2, 0.25) is 5.89 Å². The van der Waals surface area contributed by atoms with Crippen LogP contribution in [0.1, 0.15) is 34.2 Å². The molecule has 4 rings (SSSR count). The maximum atomic E-state index is 12.6. The van der Waals surface area contributed by atoms with Gasteiger partial charge in [0.05, 0.1) is 6.26 Å². The molecule has 28 heavy (non-hydrogen) atoms. The van der Waals surface area contributed by atoms with Gasteiger partial charge in [-0.2, -0.15) is 0 Å². The molecule has 1 N–H and O–H groups in total. The fourth-order valence-corrected chi connectivity index (χ4v) is 2.98. The van der Waals surface area contributed by atoms with Crippen LogP contribution in [0.5, 0.6) is 0 Å². The van der Waals surface area contributed by atoms with Crippen molar-refractivity contribution in [2.75, 3.05) is 0 Å². The molecule has 2 aromatic heterocycles. The lowest BCUT2D eigenvalue weighted by molar-refractivity contribution is 0.0970. The SMILES string of the molecule is CCc1ccc2oc(-c3ccc(C)c(C(=O)NC=Cc4ccco4)c3)nc2c1. The van der Waals surface area contributed by atoms with Crippen LogP contribution in [0.4, 0.5) is 0 Å². The lowest BCUT2D eigenvalue weighted by Crippen LogP contribution is -2.18. The number of aryl methyl sites for hydroxylation is 2. The highest BCUT2D eigenvalue weighted by atomic mass is 16.3. The van der Waals surface area contributed by atoms with E-state index in [4.69, 9.17) is 8.83 Å². The molecule has 0 aliphatic carbocycles. The lowest BCUT2D eigenvalue weighted by atomic mass is 10.0. The van der Waals surface area contributed by atoms with E-state index in [1.54, 1.807) is 30.7 Å². The molecule has 0 atom stereocenters. The number of carbonyl (C=O) groups is 1. The Morgan fingerprint density at radius 3 is 2.86 bits per heavy atom. The molecular formula is C23H20N2O3. The van der Waals surface area contributed by atoms with Crippen LogP contribution in [0.2, 0.25) is 0 Å². The third-order valence-corrected chi connectivity index (χ3v) is 4.59. The maximum Gasteiger partial charge on any atom is 0.255 e. The highest BCUT2D eigenvalue weighted by Gasteiger charge is 2.13. The first-order valence-electron chi connectivity index (χ1n) is 9.15. The molecule has 4 aromatic rings. The summed E-state index contributed by atoms with van der Waals surface area (Å²) in [5.74, 6) is 0.971. The molecule has 5 nitrogen and oxygen atoms in total. The highest BCUT2D eigenvalue weighted by molar-refractivity contribution is 5.97. The van der Waals surface area contributed by atoms with Crippen molar-refractivity contribution in [1.82, 2.24) is 10.3 Å². The second-order valence-corrected chi connectivity index (χ2v) is 6.53. The summed E-state index contributed by atoms with van der Waals surface area (Å²) in [4.78, 5) is 17.2. The number of hydrogen-bond acceptors (Lipinski definition) is 4. The topological polar surface area (TPSA) is 68.3 Å². The van der Waals surface area contributed by atoms with Gasteiger partial charge in [-0.1, -0.05) is 19.1 Å². The fraction of sp³-hybridized carbons (Fsp3) is 0.130. The Balaban J connectivity index is 1.60. The smallest absolute Gasteiger partial charge is 0.255 e. The van der Waals surface area contributed by atoms with Crippen molar-refractivity contribution in [3.8, 4) is 11.5 Å². The monoisotopic (exact) mass is 372 g/mol. The van der Waals surface area contributed by atoms with Crippen LogP contribution in [0.3, 0.4) is 0 Å². The zero-order valence-electron chi connectivity index (χ0n) is 15.7. The number of oxazole rings is 1. The Labute approximate surface area is 162 Å². The molecule has 0 saturated carbocycles. The van der Waals surface area contributed by atoms with Crippen LogP contribution >= 0.6 is 0 Å². The Hall–Kier alpha value is -3.60. The largest absolute Gasteiger partial charge is 0.465 e. The van der Waals surface area contributed by atoms with Gasteiger partial charge in [-0.05, 0) is 66.9 Å². The molecule has 0 bridgehead atoms. The van der Waals surface area contributed by atoms with Crippen LogP contribution in [0.15, 0.2) is 69.8 Å². The van der Waals surface area contributed by atoms with Crippen molar-refractivity contribution in [3.05, 3.63) is 83.4 Å². The average molecular weight is 372 g/mol. The van der Waals surface area contributed by atoms with Crippen LogP contribution in [-0.2, 0) is 6.42 Å². The van der Waals surface area contributed by atoms with Crippen molar-refractivity contribution in [3.63, 3.8) is 0 Å². The molecule has 0 fully saturated rings. The zero-order chi connectivity index (χ0) is 19.5. The van der Waals surface area contributed by atoms with Crippen LogP contribution < -0.4 is 5.32 Å². The van der Waals surface area contributed by atoms with Crippen LogP contribution in [0.25, 0.3) is 28.6 Å². The number of amides is 1. The van der Waals surface area contributed by atoms with Crippen molar-refractivity contribution in [2.45, 2.75) is 20.3 Å². The predicted molar refractivity (Wildman–Crippen MR) is 109 cm³/mol. The van der Waals surface area contributed by atoms with Gasteiger partial charge in [-0.15, -0.1) is 0 Å². The first kappa shape index (κ1) is 17.8. The molecule has 2 heterocycles. The van der Waals surface area contributed by atoms with Crippen molar-refractivity contribution < 1.29 is 13.6 Å². The maximum absolute atomic E-state index is 12.6. The van der Waals surface area contributed by atoms with Gasteiger partial charge in [0.1, 0.15) is 11.3 Å². The fourth-order valence-electron chi connectivity index (χ4n) is 2.98. The van der Waals surface area contributed by atoms with Crippen LogP contribution in [0, 0.1) is 6.92 Å². The summed E-state index contributed by atoms with van der Waals surface area (Å²) in [5.41, 5.74) is 4.97. The van der Waals surface area contributed by atoms with E-state index in [0.29, 0.717) is 17.2 Å². The summed E-state index contributed by atoms with van der Waals surface area (Å²) >= 11 is 0. The average Bonchev–Trinajstić information content (AvgIpc) is 3.37. The Bertz CT molecular complexity index is 1150. The number of carbonyl (C=O) groups excluding carboxylic acids is 1. The van der Waals surface area contributed by atoms with Gasteiger partial charge < -0.3 is 14.2 Å². The minimum absolute atomic E-state index is 0.202. The molecule has 0 saturated heterocycles. The van der Waals surface area contributed by atoms with E-state index in [-0.39, 0.29) is 5.91 Å². The number of furan rings is 1. The Morgan fingerprint density at radius 2 is 2.07 bits per heavy atom. The molecule has 5 heteroatoms. The summed E-state index contributed by atoms with van der Waals surface area (Å²) in [6.07, 6.45) is 5.79. The molecule has 0 aliphatic rings. The lowest BCUT2D eigenvalue weighted by Gasteiger charge is -2.06. The van der Waals surface area contributed by atoms with E-state index in [1.165, 1.54) is 5.56 Å². The van der Waals surface area contributed by atoms with Crippen molar-refractivity contribution in [2.24, 2.45) is 0 Å². The summed E-state index contributed by atoms with van der Waals surface area (Å²) in [7, 11) is 0. The van der Waals surface area contributed by atoms with Gasteiger partial charge in [0, 0.05) is 17.3 Å². The number of aromatic nitrogens is 1. The molecule has 0 unspecified atom stereocenters. The van der Waals surface area contributed by atoms with Gasteiger partial charge in [-0.25, -0.2) is 4.98 Å². The van der Waals surface area contributed by atoms with Gasteiger partial charge >= 0.3 is 0 Å². The molecule has 0 radical (unpaired) electrons. The van der Waals surface area contributed by atoms with Gasteiger partial charge in [0.15, 0.2) is 5.58 Å².